The summed E-state index contributed by atoms with van der Waals surface area (Å²) in [5.41, 5.74) is 12.9. The van der Waals surface area contributed by atoms with Crippen LogP contribution in [0.3, 0.4) is 0 Å². The van der Waals surface area contributed by atoms with Crippen molar-refractivity contribution < 1.29 is 4.74 Å². The first-order valence-electron chi connectivity index (χ1n) is 20.6. The van der Waals surface area contributed by atoms with Crippen molar-refractivity contribution in [3.63, 3.8) is 0 Å². The number of nitrogens with zero attached hydrogens (tertiary/aromatic N) is 1. The van der Waals surface area contributed by atoms with Gasteiger partial charge in [0.1, 0.15) is 11.5 Å². The van der Waals surface area contributed by atoms with Crippen LogP contribution in [0.25, 0.3) is 21.9 Å². The van der Waals surface area contributed by atoms with Crippen molar-refractivity contribution in [3.05, 3.63) is 150 Å². The van der Waals surface area contributed by atoms with Gasteiger partial charge >= 0.3 is 0 Å². The molecule has 4 fully saturated rings. The Bertz CT molecular complexity index is 2540. The van der Waals surface area contributed by atoms with Crippen LogP contribution in [0.2, 0.25) is 0 Å². The molecule has 6 atom stereocenters. The minimum atomic E-state index is -0.0247. The molecule has 54 heavy (non-hydrogen) atoms. The second-order valence-electron chi connectivity index (χ2n) is 19.2. The van der Waals surface area contributed by atoms with E-state index in [0.29, 0.717) is 17.3 Å². The van der Waals surface area contributed by atoms with Gasteiger partial charge in [-0.3, -0.25) is 0 Å². The van der Waals surface area contributed by atoms with E-state index >= 15 is 0 Å². The Hall–Kier alpha value is -4.82. The van der Waals surface area contributed by atoms with Gasteiger partial charge in [-0.1, -0.05) is 113 Å². The first-order valence-corrected chi connectivity index (χ1v) is 20.6. The quantitative estimate of drug-likeness (QED) is 0.181. The fourth-order valence-electron chi connectivity index (χ4n) is 13.7. The van der Waals surface area contributed by atoms with Crippen LogP contribution in [0, 0.1) is 29.1 Å². The van der Waals surface area contributed by atoms with E-state index in [0.717, 1.165) is 23.3 Å². The Morgan fingerprint density at radius 3 is 2.15 bits per heavy atom. The highest BCUT2D eigenvalue weighted by atomic mass is 16.5. The molecule has 12 rings (SSSR count). The third-order valence-electron chi connectivity index (χ3n) is 16.0. The summed E-state index contributed by atoms with van der Waals surface area (Å²) in [4.78, 5) is 2.61. The molecule has 0 radical (unpaired) electrons. The standard InChI is InChI=1S/C52H49NO/c1-49(2)25-26-50(3,4)42-30-37(23-24-40(42)49)53(36-21-19-34(20-22-36)39-14-9-12-33-11-5-6-13-38(33)39)43-16-10-18-45-48(43)52(41-15-7-8-17-44(41)54-45)46-28-32-27-35-29-47(52)51(35,46)31-32/h5-24,30,32,35,46-47H,25-29,31H2,1-4H3. The summed E-state index contributed by atoms with van der Waals surface area (Å²) in [5, 5.41) is 2.57. The molecule has 2 spiro atoms. The van der Waals surface area contributed by atoms with Crippen LogP contribution in [-0.2, 0) is 16.2 Å². The fourth-order valence-corrected chi connectivity index (χ4v) is 13.7. The molecule has 2 bridgehead atoms. The second kappa shape index (κ2) is 10.5. The maximum Gasteiger partial charge on any atom is 0.133 e. The van der Waals surface area contributed by atoms with Gasteiger partial charge in [0.15, 0.2) is 0 Å². The van der Waals surface area contributed by atoms with Crippen LogP contribution in [0.15, 0.2) is 127 Å². The smallest absolute Gasteiger partial charge is 0.133 e. The van der Waals surface area contributed by atoms with Gasteiger partial charge in [0.05, 0.1) is 5.69 Å². The van der Waals surface area contributed by atoms with Crippen molar-refractivity contribution in [3.8, 4) is 22.6 Å². The predicted octanol–water partition coefficient (Wildman–Crippen LogP) is 13.8. The first kappa shape index (κ1) is 31.5. The Morgan fingerprint density at radius 1 is 0.593 bits per heavy atom. The molecule has 0 amide bonds. The molecular weight excluding hydrogens is 655 g/mol. The molecule has 1 aliphatic heterocycles. The minimum absolute atomic E-state index is 0.0247. The maximum absolute atomic E-state index is 7.01. The Morgan fingerprint density at radius 2 is 1.30 bits per heavy atom. The van der Waals surface area contributed by atoms with Crippen molar-refractivity contribution in [1.82, 2.24) is 0 Å². The highest BCUT2D eigenvalue weighted by molar-refractivity contribution is 5.97. The number of ether oxygens (including phenoxy) is 1. The molecule has 5 aliphatic carbocycles. The zero-order valence-electron chi connectivity index (χ0n) is 32.0. The minimum Gasteiger partial charge on any atom is -0.457 e. The SMILES string of the molecule is CC1(C)CCC(C)(C)c2cc(N(c3ccc(-c4cccc5ccccc45)cc3)c3cccc4c3C3(c5ccccc5O4)C4CC5CC6CC3C64C5)ccc21. The van der Waals surface area contributed by atoms with Gasteiger partial charge in [-0.05, 0) is 154 Å². The average molecular weight is 704 g/mol. The summed E-state index contributed by atoms with van der Waals surface area (Å²) in [6, 6.07) is 48.3. The van der Waals surface area contributed by atoms with E-state index in [4.69, 9.17) is 4.74 Å². The molecule has 0 aromatic heterocycles. The molecule has 6 aromatic rings. The topological polar surface area (TPSA) is 12.5 Å². The van der Waals surface area contributed by atoms with Crippen molar-refractivity contribution in [1.29, 1.82) is 0 Å². The van der Waals surface area contributed by atoms with Crippen LogP contribution < -0.4 is 9.64 Å². The summed E-state index contributed by atoms with van der Waals surface area (Å²) in [6.07, 6.45) is 8.03. The molecule has 2 nitrogen and oxygen atoms in total. The molecular formula is C52H49NO. The summed E-state index contributed by atoms with van der Waals surface area (Å²) < 4.78 is 7.01. The highest BCUT2D eigenvalue weighted by Crippen LogP contribution is 2.89. The monoisotopic (exact) mass is 703 g/mol. The molecule has 6 aromatic carbocycles. The van der Waals surface area contributed by atoms with Crippen molar-refractivity contribution in [2.24, 2.45) is 29.1 Å². The van der Waals surface area contributed by atoms with Gasteiger partial charge in [-0.2, -0.15) is 0 Å². The van der Waals surface area contributed by atoms with Gasteiger partial charge in [0.2, 0.25) is 0 Å². The normalized spacial score (nSPS) is 29.6. The van der Waals surface area contributed by atoms with E-state index in [-0.39, 0.29) is 16.2 Å². The van der Waals surface area contributed by atoms with Gasteiger partial charge < -0.3 is 9.64 Å². The third-order valence-corrected chi connectivity index (χ3v) is 16.0. The van der Waals surface area contributed by atoms with E-state index in [1.165, 1.54) is 99.7 Å². The Labute approximate surface area is 320 Å². The summed E-state index contributed by atoms with van der Waals surface area (Å²) in [7, 11) is 0. The largest absolute Gasteiger partial charge is 0.457 e. The lowest BCUT2D eigenvalue weighted by Crippen LogP contribution is -2.74. The molecule has 0 saturated heterocycles. The number of rotatable bonds is 4. The van der Waals surface area contributed by atoms with Crippen LogP contribution in [-0.4, -0.2) is 0 Å². The number of anilines is 3. The van der Waals surface area contributed by atoms with Gasteiger partial charge in [-0.25, -0.2) is 0 Å². The summed E-state index contributed by atoms with van der Waals surface area (Å²) in [5.74, 6) is 5.30. The number of fused-ring (bicyclic) bond motifs is 9. The number of hydrogen-bond donors (Lipinski definition) is 0. The van der Waals surface area contributed by atoms with Crippen LogP contribution >= 0.6 is 0 Å². The molecule has 2 heteroatoms. The molecule has 6 unspecified atom stereocenters. The molecule has 0 N–H and O–H groups in total. The van der Waals surface area contributed by atoms with Crippen LogP contribution in [0.1, 0.15) is 88.5 Å². The highest BCUT2D eigenvalue weighted by Gasteiger charge is 2.84. The first-order chi connectivity index (χ1) is 26.2. The fraction of sp³-hybridized carbons (Fsp3) is 0.346. The molecule has 268 valence electrons. The van der Waals surface area contributed by atoms with Crippen molar-refractivity contribution in [2.45, 2.75) is 82.5 Å². The third kappa shape index (κ3) is 3.83. The molecule has 4 saturated carbocycles. The van der Waals surface area contributed by atoms with E-state index in [9.17, 15) is 0 Å². The lowest BCUT2D eigenvalue weighted by atomic mass is 9.26. The summed E-state index contributed by atoms with van der Waals surface area (Å²) >= 11 is 0. The lowest BCUT2D eigenvalue weighted by molar-refractivity contribution is -0.234. The molecule has 6 aliphatic rings. The van der Waals surface area contributed by atoms with E-state index in [1.807, 2.05) is 0 Å². The van der Waals surface area contributed by atoms with Crippen molar-refractivity contribution in [2.75, 3.05) is 4.90 Å². The zero-order chi connectivity index (χ0) is 36.2. The Kier molecular flexibility index (Phi) is 6.12. The maximum atomic E-state index is 7.01. The summed E-state index contributed by atoms with van der Waals surface area (Å²) in [6.45, 7) is 9.77. The molecule has 1 heterocycles. The van der Waals surface area contributed by atoms with Crippen LogP contribution in [0.4, 0.5) is 17.1 Å². The predicted molar refractivity (Wildman–Crippen MR) is 222 cm³/mol. The van der Waals surface area contributed by atoms with E-state index < -0.39 is 0 Å². The number of para-hydroxylation sites is 1. The van der Waals surface area contributed by atoms with E-state index in [1.54, 1.807) is 0 Å². The zero-order valence-corrected chi connectivity index (χ0v) is 32.0. The second-order valence-corrected chi connectivity index (χ2v) is 19.2. The number of benzene rings is 6. The van der Waals surface area contributed by atoms with Gasteiger partial charge in [0, 0.05) is 27.9 Å². The average Bonchev–Trinajstić information content (AvgIpc) is 3.72. The number of hydrogen-bond acceptors (Lipinski definition) is 2. The Balaban J connectivity index is 1.09. The van der Waals surface area contributed by atoms with Crippen LogP contribution in [0.5, 0.6) is 11.5 Å². The van der Waals surface area contributed by atoms with Gasteiger partial charge in [-0.15, -0.1) is 0 Å². The van der Waals surface area contributed by atoms with Gasteiger partial charge in [0.25, 0.3) is 0 Å². The lowest BCUT2D eigenvalue weighted by Gasteiger charge is -2.77. The van der Waals surface area contributed by atoms with Crippen molar-refractivity contribution >= 4 is 27.8 Å². The van der Waals surface area contributed by atoms with E-state index in [2.05, 4.69) is 160 Å².